The minimum Gasteiger partial charge on any atom is -0.345 e. The molecule has 1 aromatic carbocycles. The van der Waals surface area contributed by atoms with Crippen LogP contribution in [0.15, 0.2) is 48.7 Å². The third-order valence-corrected chi connectivity index (χ3v) is 6.06. The van der Waals surface area contributed by atoms with Crippen LogP contribution in [-0.4, -0.2) is 44.8 Å². The van der Waals surface area contributed by atoms with Crippen molar-refractivity contribution in [2.24, 2.45) is 5.92 Å². The standard InChI is InChI=1S/C25H35N3O2/c1-19(2)27(24(29)18-28(20(3)4)25(30)22-12-8-13-22)17-23-14-9-15-26(23)16-21-10-6-5-7-11-21/h5-7,9-11,14-15,19-20,22H,8,12-13,16-18H2,1-4H3. The van der Waals surface area contributed by atoms with Crippen LogP contribution in [0.1, 0.15) is 58.2 Å². The van der Waals surface area contributed by atoms with Gasteiger partial charge in [-0.1, -0.05) is 36.8 Å². The molecule has 1 heterocycles. The summed E-state index contributed by atoms with van der Waals surface area (Å²) in [5, 5.41) is 0. The van der Waals surface area contributed by atoms with Crippen molar-refractivity contribution >= 4 is 11.8 Å². The maximum absolute atomic E-state index is 13.3. The molecule has 0 N–H and O–H groups in total. The topological polar surface area (TPSA) is 45.6 Å². The smallest absolute Gasteiger partial charge is 0.242 e. The van der Waals surface area contributed by atoms with E-state index in [1.54, 1.807) is 4.90 Å². The van der Waals surface area contributed by atoms with Gasteiger partial charge >= 0.3 is 0 Å². The summed E-state index contributed by atoms with van der Waals surface area (Å²) in [6, 6.07) is 14.5. The number of rotatable bonds is 9. The summed E-state index contributed by atoms with van der Waals surface area (Å²) < 4.78 is 2.19. The van der Waals surface area contributed by atoms with Gasteiger partial charge < -0.3 is 14.4 Å². The van der Waals surface area contributed by atoms with Crippen LogP contribution in [0.25, 0.3) is 0 Å². The largest absolute Gasteiger partial charge is 0.345 e. The lowest BCUT2D eigenvalue weighted by molar-refractivity contribution is -0.147. The summed E-state index contributed by atoms with van der Waals surface area (Å²) in [6.07, 6.45) is 5.09. The molecular weight excluding hydrogens is 374 g/mol. The molecule has 0 spiro atoms. The van der Waals surface area contributed by atoms with Gasteiger partial charge in [-0.15, -0.1) is 0 Å². The van der Waals surface area contributed by atoms with Crippen LogP contribution >= 0.6 is 0 Å². The van der Waals surface area contributed by atoms with Crippen LogP contribution in [0.4, 0.5) is 0 Å². The van der Waals surface area contributed by atoms with E-state index in [1.807, 2.05) is 56.9 Å². The average molecular weight is 410 g/mol. The second-order valence-corrected chi connectivity index (χ2v) is 8.92. The molecule has 0 radical (unpaired) electrons. The Morgan fingerprint density at radius 2 is 1.63 bits per heavy atom. The van der Waals surface area contributed by atoms with E-state index in [0.717, 1.165) is 31.5 Å². The summed E-state index contributed by atoms with van der Waals surface area (Å²) in [5.74, 6) is 0.260. The van der Waals surface area contributed by atoms with Gasteiger partial charge in [-0.05, 0) is 58.2 Å². The Kier molecular flexibility index (Phi) is 7.35. The summed E-state index contributed by atoms with van der Waals surface area (Å²) >= 11 is 0. The number of amides is 2. The molecule has 1 aliphatic rings. The van der Waals surface area contributed by atoms with E-state index in [4.69, 9.17) is 0 Å². The molecule has 0 saturated heterocycles. The highest BCUT2D eigenvalue weighted by molar-refractivity contribution is 5.86. The van der Waals surface area contributed by atoms with Gasteiger partial charge in [0.25, 0.3) is 0 Å². The van der Waals surface area contributed by atoms with E-state index >= 15 is 0 Å². The molecule has 0 bridgehead atoms. The number of nitrogens with zero attached hydrogens (tertiary/aromatic N) is 3. The molecule has 2 aromatic rings. The number of benzene rings is 1. The fraction of sp³-hybridized carbons (Fsp3) is 0.520. The van der Waals surface area contributed by atoms with Crippen molar-refractivity contribution < 1.29 is 9.59 Å². The Balaban J connectivity index is 1.70. The van der Waals surface area contributed by atoms with Gasteiger partial charge in [-0.2, -0.15) is 0 Å². The molecule has 0 aliphatic heterocycles. The van der Waals surface area contributed by atoms with Crippen molar-refractivity contribution in [3.63, 3.8) is 0 Å². The molecule has 1 saturated carbocycles. The molecule has 1 aromatic heterocycles. The van der Waals surface area contributed by atoms with E-state index in [9.17, 15) is 9.59 Å². The minimum absolute atomic E-state index is 0.0128. The molecule has 162 valence electrons. The minimum atomic E-state index is 0.0128. The van der Waals surface area contributed by atoms with Gasteiger partial charge in [0.05, 0.1) is 6.54 Å². The molecule has 0 atom stereocenters. The number of hydrogen-bond donors (Lipinski definition) is 0. The van der Waals surface area contributed by atoms with Crippen molar-refractivity contribution in [2.75, 3.05) is 6.54 Å². The molecule has 5 heteroatoms. The van der Waals surface area contributed by atoms with Crippen LogP contribution in [0.3, 0.4) is 0 Å². The van der Waals surface area contributed by atoms with Crippen LogP contribution in [-0.2, 0) is 22.7 Å². The lowest BCUT2D eigenvalue weighted by Crippen LogP contribution is -2.50. The zero-order chi connectivity index (χ0) is 21.7. The maximum Gasteiger partial charge on any atom is 0.242 e. The van der Waals surface area contributed by atoms with Crippen LogP contribution < -0.4 is 0 Å². The normalized spacial score (nSPS) is 14.1. The molecule has 3 rings (SSSR count). The molecule has 1 fully saturated rings. The quantitative estimate of drug-likeness (QED) is 0.619. The first-order chi connectivity index (χ1) is 14.4. The summed E-state index contributed by atoms with van der Waals surface area (Å²) in [5.41, 5.74) is 2.33. The number of carbonyl (C=O) groups is 2. The summed E-state index contributed by atoms with van der Waals surface area (Å²) in [7, 11) is 0. The Bertz CT molecular complexity index is 837. The van der Waals surface area contributed by atoms with Gasteiger partial charge in [-0.3, -0.25) is 9.59 Å². The van der Waals surface area contributed by atoms with Crippen molar-refractivity contribution in [3.05, 3.63) is 59.9 Å². The van der Waals surface area contributed by atoms with E-state index < -0.39 is 0 Å². The predicted molar refractivity (Wildman–Crippen MR) is 120 cm³/mol. The first kappa shape index (κ1) is 22.1. The Hall–Kier alpha value is -2.56. The van der Waals surface area contributed by atoms with Gasteiger partial charge in [-0.25, -0.2) is 0 Å². The highest BCUT2D eigenvalue weighted by atomic mass is 16.2. The molecule has 2 amide bonds. The first-order valence-corrected chi connectivity index (χ1v) is 11.1. The van der Waals surface area contributed by atoms with E-state index in [-0.39, 0.29) is 36.4 Å². The molecule has 1 aliphatic carbocycles. The lowest BCUT2D eigenvalue weighted by Gasteiger charge is -2.36. The number of carbonyl (C=O) groups excluding carboxylic acids is 2. The fourth-order valence-electron chi connectivity index (χ4n) is 3.90. The van der Waals surface area contributed by atoms with E-state index in [1.165, 1.54) is 5.56 Å². The second kappa shape index (κ2) is 9.96. The molecular formula is C25H35N3O2. The zero-order valence-electron chi connectivity index (χ0n) is 18.8. The van der Waals surface area contributed by atoms with Crippen molar-refractivity contribution in [1.82, 2.24) is 14.4 Å². The Morgan fingerprint density at radius 3 is 2.20 bits per heavy atom. The van der Waals surface area contributed by atoms with E-state index in [2.05, 4.69) is 29.0 Å². The summed E-state index contributed by atoms with van der Waals surface area (Å²) in [4.78, 5) is 29.7. The number of hydrogen-bond acceptors (Lipinski definition) is 2. The van der Waals surface area contributed by atoms with Crippen LogP contribution in [0.5, 0.6) is 0 Å². The third kappa shape index (κ3) is 5.32. The molecule has 0 unspecified atom stereocenters. The molecule has 30 heavy (non-hydrogen) atoms. The fourth-order valence-corrected chi connectivity index (χ4v) is 3.90. The summed E-state index contributed by atoms with van der Waals surface area (Å²) in [6.45, 7) is 9.54. The lowest BCUT2D eigenvalue weighted by atomic mass is 9.84. The monoisotopic (exact) mass is 409 g/mol. The van der Waals surface area contributed by atoms with Crippen LogP contribution in [0, 0.1) is 5.92 Å². The molecule has 5 nitrogen and oxygen atoms in total. The highest BCUT2D eigenvalue weighted by Crippen LogP contribution is 2.29. The highest BCUT2D eigenvalue weighted by Gasteiger charge is 2.33. The van der Waals surface area contributed by atoms with Crippen molar-refractivity contribution in [2.45, 2.75) is 72.1 Å². The maximum atomic E-state index is 13.3. The number of aromatic nitrogens is 1. The SMILES string of the molecule is CC(C)N(Cc1cccn1Cc1ccccc1)C(=O)CN(C(=O)C1CCC1)C(C)C. The van der Waals surface area contributed by atoms with Gasteiger partial charge in [0.1, 0.15) is 6.54 Å². The second-order valence-electron chi connectivity index (χ2n) is 8.92. The third-order valence-electron chi connectivity index (χ3n) is 6.06. The van der Waals surface area contributed by atoms with E-state index in [0.29, 0.717) is 6.54 Å². The Morgan fingerprint density at radius 1 is 0.967 bits per heavy atom. The predicted octanol–water partition coefficient (Wildman–Crippen LogP) is 4.31. The van der Waals surface area contributed by atoms with Crippen molar-refractivity contribution in [1.29, 1.82) is 0 Å². The van der Waals surface area contributed by atoms with Gasteiger partial charge in [0.15, 0.2) is 0 Å². The Labute approximate surface area is 180 Å². The van der Waals surface area contributed by atoms with Gasteiger partial charge in [0.2, 0.25) is 11.8 Å². The first-order valence-electron chi connectivity index (χ1n) is 11.1. The average Bonchev–Trinajstić information content (AvgIpc) is 3.09. The van der Waals surface area contributed by atoms with Crippen LogP contribution in [0.2, 0.25) is 0 Å². The zero-order valence-corrected chi connectivity index (χ0v) is 18.8. The van der Waals surface area contributed by atoms with Crippen molar-refractivity contribution in [3.8, 4) is 0 Å². The van der Waals surface area contributed by atoms with Gasteiger partial charge in [0, 0.05) is 36.4 Å².